The number of rotatable bonds is 3. The lowest BCUT2D eigenvalue weighted by Gasteiger charge is -2.24. The van der Waals surface area contributed by atoms with Gasteiger partial charge in [-0.3, -0.25) is 0 Å². The lowest BCUT2D eigenvalue weighted by Crippen LogP contribution is -2.36. The fourth-order valence-corrected chi connectivity index (χ4v) is 4.44. The smallest absolute Gasteiger partial charge is 0.237 e. The summed E-state index contributed by atoms with van der Waals surface area (Å²) in [5.41, 5.74) is 3.05. The summed E-state index contributed by atoms with van der Waals surface area (Å²) in [5, 5.41) is 4.52. The summed E-state index contributed by atoms with van der Waals surface area (Å²) in [7, 11) is -3.67. The average Bonchev–Trinajstić information content (AvgIpc) is 2.93. The van der Waals surface area contributed by atoms with Gasteiger partial charge in [0.25, 0.3) is 0 Å². The van der Waals surface area contributed by atoms with Crippen LogP contribution in [0.3, 0.4) is 0 Å². The summed E-state index contributed by atoms with van der Waals surface area (Å²) in [6.07, 6.45) is 3.67. The van der Waals surface area contributed by atoms with Gasteiger partial charge in [-0.2, -0.15) is 0 Å². The molecule has 1 aliphatic carbocycles. The largest absolute Gasteiger partial charge is 0.240 e. The van der Waals surface area contributed by atoms with E-state index in [2.05, 4.69) is 15.0 Å². The molecule has 1 N–H and O–H groups in total. The highest BCUT2D eigenvalue weighted by molar-refractivity contribution is 7.89. The first-order valence-corrected chi connectivity index (χ1v) is 9.18. The molecule has 0 bridgehead atoms. The van der Waals surface area contributed by atoms with Gasteiger partial charge in [0.1, 0.15) is 5.82 Å². The van der Waals surface area contributed by atoms with Crippen molar-refractivity contribution in [2.24, 2.45) is 0 Å². The second kappa shape index (κ2) is 5.68. The van der Waals surface area contributed by atoms with Crippen molar-refractivity contribution in [3.63, 3.8) is 0 Å². The summed E-state index contributed by atoms with van der Waals surface area (Å²) >= 11 is 0. The van der Waals surface area contributed by atoms with Gasteiger partial charge in [0.2, 0.25) is 10.0 Å². The van der Waals surface area contributed by atoms with Gasteiger partial charge in [-0.15, -0.1) is 0 Å². The Kier molecular flexibility index (Phi) is 3.62. The van der Waals surface area contributed by atoms with Crippen molar-refractivity contribution >= 4 is 21.4 Å². The van der Waals surface area contributed by atoms with Crippen molar-refractivity contribution in [1.82, 2.24) is 15.0 Å². The summed E-state index contributed by atoms with van der Waals surface area (Å²) in [4.78, 5) is 4.33. The number of halogens is 1. The lowest BCUT2D eigenvalue weighted by molar-refractivity contribution is 0.518. The van der Waals surface area contributed by atoms with Crippen LogP contribution in [0, 0.1) is 5.82 Å². The van der Waals surface area contributed by atoms with E-state index < -0.39 is 15.8 Å². The molecule has 0 amide bonds. The summed E-state index contributed by atoms with van der Waals surface area (Å²) in [5.74, 6) is 0.252. The molecule has 0 saturated carbocycles. The SMILES string of the molecule is O=S(=O)(NC1CCC2=C(C1)c1cccnc1[N]2)c1ccc(F)cc1. The molecule has 2 heterocycles. The topological polar surface area (TPSA) is 73.2 Å². The van der Waals surface area contributed by atoms with Crippen molar-refractivity contribution in [3.05, 3.63) is 59.7 Å². The maximum atomic E-state index is 13.0. The minimum absolute atomic E-state index is 0.0712. The van der Waals surface area contributed by atoms with E-state index in [0.29, 0.717) is 25.1 Å². The first-order valence-electron chi connectivity index (χ1n) is 7.70. The predicted molar refractivity (Wildman–Crippen MR) is 87.3 cm³/mol. The Bertz CT molecular complexity index is 923. The zero-order valence-corrected chi connectivity index (χ0v) is 13.6. The van der Waals surface area contributed by atoms with Crippen molar-refractivity contribution < 1.29 is 12.8 Å². The van der Waals surface area contributed by atoms with E-state index in [0.717, 1.165) is 29.0 Å². The molecule has 0 fully saturated rings. The Morgan fingerprint density at radius 3 is 2.75 bits per heavy atom. The molecule has 1 unspecified atom stereocenters. The molecule has 1 radical (unpaired) electrons. The second-order valence-electron chi connectivity index (χ2n) is 5.93. The zero-order chi connectivity index (χ0) is 16.7. The minimum Gasteiger partial charge on any atom is -0.237 e. The highest BCUT2D eigenvalue weighted by atomic mass is 32.2. The van der Waals surface area contributed by atoms with Crippen LogP contribution in [0.1, 0.15) is 24.8 Å². The molecule has 1 aromatic carbocycles. The highest BCUT2D eigenvalue weighted by Crippen LogP contribution is 2.41. The van der Waals surface area contributed by atoms with Crippen LogP contribution in [0.15, 0.2) is 53.2 Å². The molecule has 4 rings (SSSR count). The molecule has 123 valence electrons. The van der Waals surface area contributed by atoms with Gasteiger partial charge < -0.3 is 0 Å². The molecule has 0 saturated heterocycles. The minimum atomic E-state index is -3.67. The van der Waals surface area contributed by atoms with Gasteiger partial charge in [-0.25, -0.2) is 27.8 Å². The number of hydrogen-bond acceptors (Lipinski definition) is 3. The number of nitrogens with zero attached hydrogens (tertiary/aromatic N) is 2. The monoisotopic (exact) mass is 344 g/mol. The van der Waals surface area contributed by atoms with E-state index in [1.165, 1.54) is 12.1 Å². The molecular weight excluding hydrogens is 329 g/mol. The maximum Gasteiger partial charge on any atom is 0.240 e. The third kappa shape index (κ3) is 2.70. The van der Waals surface area contributed by atoms with Crippen LogP contribution in [0.25, 0.3) is 5.57 Å². The third-order valence-electron chi connectivity index (χ3n) is 4.33. The van der Waals surface area contributed by atoms with Gasteiger partial charge in [-0.05, 0) is 61.2 Å². The summed E-state index contributed by atoms with van der Waals surface area (Å²) in [6, 6.07) is 8.45. The molecule has 0 spiro atoms. The van der Waals surface area contributed by atoms with Crippen LogP contribution in [0.2, 0.25) is 0 Å². The quantitative estimate of drug-likeness (QED) is 0.930. The summed E-state index contributed by atoms with van der Waals surface area (Å²) < 4.78 is 40.6. The molecular formula is C17H15FN3O2S. The zero-order valence-electron chi connectivity index (χ0n) is 12.7. The molecule has 1 aromatic heterocycles. The number of sulfonamides is 1. The van der Waals surface area contributed by atoms with Crippen LogP contribution in [0.5, 0.6) is 0 Å². The van der Waals surface area contributed by atoms with Crippen LogP contribution in [0.4, 0.5) is 10.2 Å². The lowest BCUT2D eigenvalue weighted by atomic mass is 9.91. The van der Waals surface area contributed by atoms with E-state index in [9.17, 15) is 12.8 Å². The van der Waals surface area contributed by atoms with Crippen LogP contribution >= 0.6 is 0 Å². The molecule has 1 aliphatic heterocycles. The van der Waals surface area contributed by atoms with Gasteiger partial charge >= 0.3 is 0 Å². The Hall–Kier alpha value is -2.25. The van der Waals surface area contributed by atoms with Crippen LogP contribution in [-0.4, -0.2) is 19.4 Å². The van der Waals surface area contributed by atoms with E-state index in [1.807, 2.05) is 12.1 Å². The van der Waals surface area contributed by atoms with Crippen LogP contribution < -0.4 is 10.0 Å². The van der Waals surface area contributed by atoms with Gasteiger partial charge in [0.05, 0.1) is 4.90 Å². The van der Waals surface area contributed by atoms with E-state index >= 15 is 0 Å². The number of hydrogen-bond donors (Lipinski definition) is 1. The van der Waals surface area contributed by atoms with E-state index in [4.69, 9.17) is 0 Å². The first kappa shape index (κ1) is 15.3. The number of aromatic nitrogens is 1. The normalized spacial score (nSPS) is 19.6. The van der Waals surface area contributed by atoms with Gasteiger partial charge in [0, 0.05) is 23.5 Å². The van der Waals surface area contributed by atoms with Crippen molar-refractivity contribution in [2.45, 2.75) is 30.2 Å². The Morgan fingerprint density at radius 1 is 1.17 bits per heavy atom. The third-order valence-corrected chi connectivity index (χ3v) is 5.86. The van der Waals surface area contributed by atoms with E-state index in [1.54, 1.807) is 6.20 Å². The highest BCUT2D eigenvalue weighted by Gasteiger charge is 2.32. The molecule has 2 aromatic rings. The Balaban J connectivity index is 1.54. The Labute approximate surface area is 139 Å². The van der Waals surface area contributed by atoms with Gasteiger partial charge in [0.15, 0.2) is 5.82 Å². The standard InChI is InChI=1S/C17H15FN3O2S/c18-11-3-6-13(7-4-11)24(22,23)21-12-5-8-16-15(10-12)14-2-1-9-19-17(14)20-16/h1-4,6-7,9,12,21H,5,8,10H2. The number of nitrogens with one attached hydrogen (secondary N) is 1. The number of benzene rings is 1. The second-order valence-corrected chi connectivity index (χ2v) is 7.64. The van der Waals surface area contributed by atoms with Gasteiger partial charge in [-0.1, -0.05) is 0 Å². The number of fused-ring (bicyclic) bond motifs is 2. The maximum absolute atomic E-state index is 13.0. The van der Waals surface area contributed by atoms with E-state index in [-0.39, 0.29) is 10.9 Å². The molecule has 5 nitrogen and oxygen atoms in total. The Morgan fingerprint density at radius 2 is 1.96 bits per heavy atom. The first-order chi connectivity index (χ1) is 11.5. The average molecular weight is 344 g/mol. The van der Waals surface area contributed by atoms with Crippen molar-refractivity contribution in [1.29, 1.82) is 0 Å². The fourth-order valence-electron chi connectivity index (χ4n) is 3.17. The molecule has 24 heavy (non-hydrogen) atoms. The number of pyridine rings is 1. The number of allylic oxidation sites excluding steroid dienone is 1. The van der Waals surface area contributed by atoms with Crippen molar-refractivity contribution in [3.8, 4) is 0 Å². The molecule has 1 atom stereocenters. The fraction of sp³-hybridized carbons (Fsp3) is 0.235. The summed E-state index contributed by atoms with van der Waals surface area (Å²) in [6.45, 7) is 0. The molecule has 2 aliphatic rings. The van der Waals surface area contributed by atoms with Crippen molar-refractivity contribution in [2.75, 3.05) is 0 Å². The van der Waals surface area contributed by atoms with Crippen LogP contribution in [-0.2, 0) is 10.0 Å². The molecule has 7 heteroatoms. The predicted octanol–water partition coefficient (Wildman–Crippen LogP) is 2.71.